The van der Waals surface area contributed by atoms with Crippen molar-refractivity contribution < 1.29 is 19.4 Å². The van der Waals surface area contributed by atoms with Gasteiger partial charge in [0.25, 0.3) is 0 Å². The lowest BCUT2D eigenvalue weighted by Gasteiger charge is -2.03. The van der Waals surface area contributed by atoms with Crippen LogP contribution in [0.5, 0.6) is 5.75 Å². The lowest BCUT2D eigenvalue weighted by molar-refractivity contribution is -0.139. The van der Waals surface area contributed by atoms with E-state index in [1.165, 1.54) is 5.56 Å². The number of hydrogen-bond acceptors (Lipinski definition) is 3. The van der Waals surface area contributed by atoms with E-state index >= 15 is 0 Å². The van der Waals surface area contributed by atoms with Gasteiger partial charge in [0.15, 0.2) is 6.61 Å². The van der Waals surface area contributed by atoms with Crippen molar-refractivity contribution >= 4 is 11.9 Å². The van der Waals surface area contributed by atoms with Crippen molar-refractivity contribution in [3.05, 3.63) is 65.7 Å². The summed E-state index contributed by atoms with van der Waals surface area (Å²) in [4.78, 5) is 22.2. The summed E-state index contributed by atoms with van der Waals surface area (Å²) in [5.74, 6) is 5.31. The molecule has 0 aliphatic carbocycles. The van der Waals surface area contributed by atoms with Gasteiger partial charge in [-0.3, -0.25) is 4.79 Å². The molecule has 0 aliphatic rings. The van der Waals surface area contributed by atoms with Crippen molar-refractivity contribution in [2.24, 2.45) is 0 Å². The third kappa shape index (κ3) is 8.59. The first-order chi connectivity index (χ1) is 13.1. The van der Waals surface area contributed by atoms with E-state index in [0.29, 0.717) is 18.7 Å². The zero-order valence-corrected chi connectivity index (χ0v) is 15.1. The van der Waals surface area contributed by atoms with Gasteiger partial charge in [-0.1, -0.05) is 42.2 Å². The minimum atomic E-state index is -1.02. The van der Waals surface area contributed by atoms with Crippen molar-refractivity contribution in [2.75, 3.05) is 13.2 Å². The Morgan fingerprint density at radius 3 is 2.44 bits per heavy atom. The SMILES string of the molecule is O=C(O)COc1ccc(C#CCNC(=O)CCCCc2ccccc2)cc1. The fraction of sp³-hybridized carbons (Fsp3) is 0.273. The summed E-state index contributed by atoms with van der Waals surface area (Å²) in [6.07, 6.45) is 3.33. The number of carbonyl (C=O) groups excluding carboxylic acids is 1. The first-order valence-corrected chi connectivity index (χ1v) is 8.87. The fourth-order valence-corrected chi connectivity index (χ4v) is 2.42. The van der Waals surface area contributed by atoms with E-state index in [0.717, 1.165) is 24.8 Å². The number of rotatable bonds is 9. The van der Waals surface area contributed by atoms with E-state index in [9.17, 15) is 9.59 Å². The highest BCUT2D eigenvalue weighted by atomic mass is 16.5. The van der Waals surface area contributed by atoms with Gasteiger partial charge in [-0.2, -0.15) is 0 Å². The monoisotopic (exact) mass is 365 g/mol. The van der Waals surface area contributed by atoms with E-state index in [2.05, 4.69) is 29.3 Å². The van der Waals surface area contributed by atoms with E-state index in [1.54, 1.807) is 24.3 Å². The number of nitrogens with one attached hydrogen (secondary N) is 1. The lowest BCUT2D eigenvalue weighted by atomic mass is 10.1. The van der Waals surface area contributed by atoms with Crippen LogP contribution in [-0.2, 0) is 16.0 Å². The van der Waals surface area contributed by atoms with Crippen LogP contribution in [0.25, 0.3) is 0 Å². The van der Waals surface area contributed by atoms with Gasteiger partial charge in [-0.15, -0.1) is 0 Å². The highest BCUT2D eigenvalue weighted by molar-refractivity contribution is 5.76. The summed E-state index contributed by atoms with van der Waals surface area (Å²) in [5, 5.41) is 11.3. The summed E-state index contributed by atoms with van der Waals surface area (Å²) in [6, 6.07) is 17.1. The Hall–Kier alpha value is -3.26. The van der Waals surface area contributed by atoms with Gasteiger partial charge in [0, 0.05) is 12.0 Å². The van der Waals surface area contributed by atoms with E-state index in [4.69, 9.17) is 9.84 Å². The maximum atomic E-state index is 11.8. The van der Waals surface area contributed by atoms with Crippen LogP contribution >= 0.6 is 0 Å². The Balaban J connectivity index is 1.61. The van der Waals surface area contributed by atoms with Crippen LogP contribution in [0.2, 0.25) is 0 Å². The first kappa shape index (κ1) is 20.1. The molecule has 0 aromatic heterocycles. The lowest BCUT2D eigenvalue weighted by Crippen LogP contribution is -2.23. The predicted molar refractivity (Wildman–Crippen MR) is 103 cm³/mol. The van der Waals surface area contributed by atoms with Gasteiger partial charge >= 0.3 is 5.97 Å². The molecule has 2 rings (SSSR count). The summed E-state index contributed by atoms with van der Waals surface area (Å²) in [5.41, 5.74) is 2.07. The van der Waals surface area contributed by atoms with E-state index in [-0.39, 0.29) is 12.5 Å². The molecule has 1 amide bonds. The number of aliphatic carboxylic acids is 1. The number of unbranched alkanes of at least 4 members (excludes halogenated alkanes) is 1. The third-order valence-electron chi connectivity index (χ3n) is 3.79. The van der Waals surface area contributed by atoms with Crippen molar-refractivity contribution in [3.8, 4) is 17.6 Å². The van der Waals surface area contributed by atoms with Crippen molar-refractivity contribution in [2.45, 2.75) is 25.7 Å². The predicted octanol–water partition coefficient (Wildman–Crippen LogP) is 3.03. The molecule has 0 saturated heterocycles. The van der Waals surface area contributed by atoms with Crippen LogP contribution in [0.1, 0.15) is 30.4 Å². The average Bonchev–Trinajstić information content (AvgIpc) is 2.68. The minimum absolute atomic E-state index is 0.00906. The Morgan fingerprint density at radius 1 is 1.00 bits per heavy atom. The number of carboxylic acid groups (broad SMARTS) is 1. The maximum absolute atomic E-state index is 11.8. The molecule has 0 heterocycles. The quantitative estimate of drug-likeness (QED) is 0.529. The second-order valence-electron chi connectivity index (χ2n) is 5.98. The number of amides is 1. The molecule has 0 spiro atoms. The summed E-state index contributed by atoms with van der Waals surface area (Å²) < 4.78 is 5.05. The third-order valence-corrected chi connectivity index (χ3v) is 3.79. The second kappa shape index (κ2) is 11.4. The zero-order valence-electron chi connectivity index (χ0n) is 15.1. The van der Waals surface area contributed by atoms with Crippen LogP contribution in [0, 0.1) is 11.8 Å². The van der Waals surface area contributed by atoms with Crippen molar-refractivity contribution in [1.82, 2.24) is 5.32 Å². The van der Waals surface area contributed by atoms with Crippen molar-refractivity contribution in [1.29, 1.82) is 0 Å². The molecule has 5 heteroatoms. The van der Waals surface area contributed by atoms with E-state index < -0.39 is 5.97 Å². The molecule has 2 N–H and O–H groups in total. The van der Waals surface area contributed by atoms with Gasteiger partial charge < -0.3 is 15.2 Å². The highest BCUT2D eigenvalue weighted by Crippen LogP contribution is 2.11. The largest absolute Gasteiger partial charge is 0.482 e. The zero-order chi connectivity index (χ0) is 19.3. The van der Waals surface area contributed by atoms with Crippen LogP contribution in [0.3, 0.4) is 0 Å². The first-order valence-electron chi connectivity index (χ1n) is 8.87. The van der Waals surface area contributed by atoms with Crippen LogP contribution in [0.15, 0.2) is 54.6 Å². The second-order valence-corrected chi connectivity index (χ2v) is 5.98. The normalized spacial score (nSPS) is 9.78. The molecular formula is C22H23NO4. The van der Waals surface area contributed by atoms with Gasteiger partial charge in [0.2, 0.25) is 5.91 Å². The summed E-state index contributed by atoms with van der Waals surface area (Å²) in [7, 11) is 0. The molecular weight excluding hydrogens is 342 g/mol. The van der Waals surface area contributed by atoms with Gasteiger partial charge in [0.1, 0.15) is 5.75 Å². The summed E-state index contributed by atoms with van der Waals surface area (Å²) >= 11 is 0. The number of carboxylic acids is 1. The molecule has 2 aromatic rings. The Kier molecular flexibility index (Phi) is 8.45. The number of carbonyl (C=O) groups is 2. The Morgan fingerprint density at radius 2 is 1.74 bits per heavy atom. The smallest absolute Gasteiger partial charge is 0.341 e. The van der Waals surface area contributed by atoms with Gasteiger partial charge in [-0.05, 0) is 49.1 Å². The van der Waals surface area contributed by atoms with E-state index in [1.807, 2.05) is 18.2 Å². The van der Waals surface area contributed by atoms with Crippen LogP contribution in [-0.4, -0.2) is 30.1 Å². The number of benzene rings is 2. The summed E-state index contributed by atoms with van der Waals surface area (Å²) in [6.45, 7) is -0.0722. The average molecular weight is 365 g/mol. The van der Waals surface area contributed by atoms with Gasteiger partial charge in [-0.25, -0.2) is 4.79 Å². The Bertz CT molecular complexity index is 789. The molecule has 0 atom stereocenters. The van der Waals surface area contributed by atoms with Crippen molar-refractivity contribution in [3.63, 3.8) is 0 Å². The highest BCUT2D eigenvalue weighted by Gasteiger charge is 2.00. The minimum Gasteiger partial charge on any atom is -0.482 e. The fourth-order valence-electron chi connectivity index (χ4n) is 2.42. The number of aryl methyl sites for hydroxylation is 1. The molecule has 0 saturated carbocycles. The standard InChI is InChI=1S/C22H23NO4/c24-21(11-5-4-9-18-7-2-1-3-8-18)23-16-6-10-19-12-14-20(15-13-19)27-17-22(25)26/h1-3,7-8,12-15H,4-5,9,11,16-17H2,(H,23,24)(H,25,26). The molecule has 0 bridgehead atoms. The van der Waals surface area contributed by atoms with Gasteiger partial charge in [0.05, 0.1) is 6.54 Å². The Labute approximate surface area is 159 Å². The maximum Gasteiger partial charge on any atom is 0.341 e. The number of hydrogen-bond donors (Lipinski definition) is 2. The molecule has 0 radical (unpaired) electrons. The molecule has 0 unspecified atom stereocenters. The number of ether oxygens (including phenoxy) is 1. The molecule has 27 heavy (non-hydrogen) atoms. The topological polar surface area (TPSA) is 75.6 Å². The molecule has 0 aliphatic heterocycles. The van der Waals surface area contributed by atoms with Crippen LogP contribution < -0.4 is 10.1 Å². The molecule has 0 fully saturated rings. The molecule has 140 valence electrons. The molecule has 5 nitrogen and oxygen atoms in total. The molecule has 2 aromatic carbocycles. The van der Waals surface area contributed by atoms with Crippen LogP contribution in [0.4, 0.5) is 0 Å².